The maximum absolute atomic E-state index is 12.4. The van der Waals surface area contributed by atoms with Crippen LogP contribution in [-0.4, -0.2) is 72.0 Å². The molecule has 4 aromatic rings. The second-order valence-electron chi connectivity index (χ2n) is 10.8. The highest BCUT2D eigenvalue weighted by atomic mass is 32.2. The topological polar surface area (TPSA) is 97.1 Å². The minimum atomic E-state index is -3.26. The van der Waals surface area contributed by atoms with Gasteiger partial charge in [-0.25, -0.2) is 22.7 Å². The molecule has 1 saturated heterocycles. The molecule has 2 aromatic heterocycles. The van der Waals surface area contributed by atoms with Gasteiger partial charge in [-0.3, -0.25) is 0 Å². The molecule has 0 unspecified atom stereocenters. The van der Waals surface area contributed by atoms with Crippen molar-refractivity contribution < 1.29 is 17.9 Å². The van der Waals surface area contributed by atoms with E-state index < -0.39 is 15.4 Å². The summed E-state index contributed by atoms with van der Waals surface area (Å²) in [5.41, 5.74) is 4.17. The van der Waals surface area contributed by atoms with E-state index in [1.54, 1.807) is 33.7 Å². The number of amides is 1. The highest BCUT2D eigenvalue weighted by molar-refractivity contribution is 7.90. The average molecular weight is 548 g/mol. The summed E-state index contributed by atoms with van der Waals surface area (Å²) in [5.74, 6) is 0.696. The van der Waals surface area contributed by atoms with Crippen LogP contribution in [0.4, 0.5) is 10.5 Å². The van der Waals surface area contributed by atoms with Crippen molar-refractivity contribution in [2.24, 2.45) is 0 Å². The van der Waals surface area contributed by atoms with Crippen LogP contribution in [-0.2, 0) is 21.0 Å². The molecule has 10 heteroatoms. The molecule has 0 radical (unpaired) electrons. The molecule has 2 aromatic carbocycles. The van der Waals surface area contributed by atoms with Gasteiger partial charge >= 0.3 is 6.09 Å². The van der Waals surface area contributed by atoms with Gasteiger partial charge in [-0.2, -0.15) is 5.10 Å². The highest BCUT2D eigenvalue weighted by Gasteiger charge is 2.26. The third-order valence-electron chi connectivity index (χ3n) is 6.57. The van der Waals surface area contributed by atoms with Crippen LogP contribution < -0.4 is 4.90 Å². The van der Waals surface area contributed by atoms with E-state index in [2.05, 4.69) is 28.2 Å². The molecule has 0 N–H and O–H groups in total. The first-order valence-electron chi connectivity index (χ1n) is 12.9. The summed E-state index contributed by atoms with van der Waals surface area (Å²) in [6.07, 6.45) is 3.37. The van der Waals surface area contributed by atoms with Gasteiger partial charge in [0.05, 0.1) is 4.90 Å². The van der Waals surface area contributed by atoms with Crippen LogP contribution in [0.15, 0.2) is 71.8 Å². The summed E-state index contributed by atoms with van der Waals surface area (Å²) < 4.78 is 30.9. The minimum absolute atomic E-state index is 0.264. The van der Waals surface area contributed by atoms with Crippen molar-refractivity contribution in [2.75, 3.05) is 37.3 Å². The number of fused-ring (bicyclic) bond motifs is 1. The lowest BCUT2D eigenvalue weighted by Gasteiger charge is -2.36. The first-order chi connectivity index (χ1) is 18.5. The third-order valence-corrected chi connectivity index (χ3v) is 7.70. The number of hydrogen-bond donors (Lipinski definition) is 0. The number of benzene rings is 2. The second-order valence-corrected chi connectivity index (χ2v) is 12.8. The van der Waals surface area contributed by atoms with Gasteiger partial charge in [-0.05, 0) is 68.3 Å². The van der Waals surface area contributed by atoms with Crippen molar-refractivity contribution >= 4 is 27.3 Å². The van der Waals surface area contributed by atoms with Crippen LogP contribution in [0, 0.1) is 0 Å². The average Bonchev–Trinajstić information content (AvgIpc) is 3.30. The van der Waals surface area contributed by atoms with E-state index in [1.807, 2.05) is 45.2 Å². The quantitative estimate of drug-likeness (QED) is 0.364. The van der Waals surface area contributed by atoms with Gasteiger partial charge in [0.25, 0.3) is 0 Å². The molecule has 1 fully saturated rings. The Morgan fingerprint density at radius 3 is 2.36 bits per heavy atom. The number of aromatic nitrogens is 3. The predicted molar refractivity (Wildman–Crippen MR) is 151 cm³/mol. The molecule has 39 heavy (non-hydrogen) atoms. The normalized spacial score (nSPS) is 14.6. The van der Waals surface area contributed by atoms with E-state index in [9.17, 15) is 13.2 Å². The molecule has 0 aliphatic carbocycles. The monoisotopic (exact) mass is 547 g/mol. The summed E-state index contributed by atoms with van der Waals surface area (Å²) in [6.45, 7) is 8.33. The first kappa shape index (κ1) is 26.7. The van der Waals surface area contributed by atoms with Crippen molar-refractivity contribution in [3.8, 4) is 11.1 Å². The number of piperazine rings is 1. The van der Waals surface area contributed by atoms with Crippen LogP contribution in [0.5, 0.6) is 0 Å². The van der Waals surface area contributed by atoms with Crippen LogP contribution in [0.3, 0.4) is 0 Å². The SMILES string of the molecule is CC(C)(C)OC(=O)N1CCN(c2cccc(Cc3nc4c(-c5ccc(S(C)(=O)=O)cc5)cccn4n3)c2)CC1. The van der Waals surface area contributed by atoms with Gasteiger partial charge in [0.2, 0.25) is 0 Å². The molecule has 204 valence electrons. The van der Waals surface area contributed by atoms with E-state index in [4.69, 9.17) is 9.72 Å². The van der Waals surface area contributed by atoms with Crippen molar-refractivity contribution in [2.45, 2.75) is 37.7 Å². The summed E-state index contributed by atoms with van der Waals surface area (Å²) in [4.78, 5) is 21.5. The molecule has 9 nitrogen and oxygen atoms in total. The first-order valence-corrected chi connectivity index (χ1v) is 14.8. The number of anilines is 1. The zero-order chi connectivity index (χ0) is 27.8. The number of ether oxygens (including phenoxy) is 1. The predicted octanol–water partition coefficient (Wildman–Crippen LogP) is 4.45. The van der Waals surface area contributed by atoms with Crippen molar-refractivity contribution in [1.29, 1.82) is 0 Å². The van der Waals surface area contributed by atoms with E-state index in [1.165, 1.54) is 6.26 Å². The maximum atomic E-state index is 12.4. The number of nitrogens with zero attached hydrogens (tertiary/aromatic N) is 5. The Labute approximate surface area is 229 Å². The molecule has 3 heterocycles. The largest absolute Gasteiger partial charge is 0.444 e. The van der Waals surface area contributed by atoms with Gasteiger partial charge in [0.1, 0.15) is 5.60 Å². The molecular formula is C29H33N5O4S. The lowest BCUT2D eigenvalue weighted by atomic mass is 10.1. The van der Waals surface area contributed by atoms with Crippen LogP contribution in [0.2, 0.25) is 0 Å². The standard InChI is InChI=1S/C29H33N5O4S/c1-29(2,3)38-28(35)33-17-15-32(16-18-33)23-8-5-7-21(19-23)20-26-30-27-25(9-6-14-34(27)31-26)22-10-12-24(13-11-22)39(4,36)37/h5-14,19H,15-18,20H2,1-4H3. The Bertz CT molecular complexity index is 1600. The molecule has 0 atom stereocenters. The fraction of sp³-hybridized carbons (Fsp3) is 0.345. The Kier molecular flexibility index (Phi) is 7.07. The maximum Gasteiger partial charge on any atom is 0.410 e. The smallest absolute Gasteiger partial charge is 0.410 e. The minimum Gasteiger partial charge on any atom is -0.444 e. The summed E-state index contributed by atoms with van der Waals surface area (Å²) >= 11 is 0. The molecule has 0 spiro atoms. The molecule has 0 saturated carbocycles. The Morgan fingerprint density at radius 2 is 1.69 bits per heavy atom. The molecule has 5 rings (SSSR count). The Morgan fingerprint density at radius 1 is 0.974 bits per heavy atom. The van der Waals surface area contributed by atoms with Gasteiger partial charge < -0.3 is 14.5 Å². The Balaban J connectivity index is 1.30. The Hall–Kier alpha value is -3.92. The molecule has 1 aliphatic heterocycles. The van der Waals surface area contributed by atoms with Gasteiger partial charge in [-0.1, -0.05) is 24.3 Å². The molecule has 1 aliphatic rings. The van der Waals surface area contributed by atoms with Crippen molar-refractivity contribution in [3.63, 3.8) is 0 Å². The van der Waals surface area contributed by atoms with E-state index in [-0.39, 0.29) is 11.0 Å². The molecular weight excluding hydrogens is 514 g/mol. The van der Waals surface area contributed by atoms with Gasteiger partial charge in [0.15, 0.2) is 21.3 Å². The van der Waals surface area contributed by atoms with E-state index >= 15 is 0 Å². The van der Waals surface area contributed by atoms with E-state index in [0.29, 0.717) is 31.0 Å². The van der Waals surface area contributed by atoms with Crippen LogP contribution >= 0.6 is 0 Å². The van der Waals surface area contributed by atoms with Crippen LogP contribution in [0.25, 0.3) is 16.8 Å². The zero-order valence-electron chi connectivity index (χ0n) is 22.7. The molecule has 1 amide bonds. The fourth-order valence-electron chi connectivity index (χ4n) is 4.65. The number of pyridine rings is 1. The number of rotatable bonds is 5. The summed E-state index contributed by atoms with van der Waals surface area (Å²) in [6, 6.07) is 19.0. The number of hydrogen-bond acceptors (Lipinski definition) is 7. The summed E-state index contributed by atoms with van der Waals surface area (Å²) in [5, 5.41) is 4.69. The van der Waals surface area contributed by atoms with Gasteiger partial charge in [-0.15, -0.1) is 0 Å². The van der Waals surface area contributed by atoms with Crippen LogP contribution in [0.1, 0.15) is 32.2 Å². The van der Waals surface area contributed by atoms with E-state index in [0.717, 1.165) is 35.5 Å². The van der Waals surface area contributed by atoms with Gasteiger partial charge in [0, 0.05) is 56.3 Å². The highest BCUT2D eigenvalue weighted by Crippen LogP contribution is 2.26. The lowest BCUT2D eigenvalue weighted by molar-refractivity contribution is 0.0240. The third kappa shape index (κ3) is 6.22. The number of carbonyl (C=O) groups excluding carboxylic acids is 1. The van der Waals surface area contributed by atoms with Crippen molar-refractivity contribution in [1.82, 2.24) is 19.5 Å². The number of carbonyl (C=O) groups is 1. The zero-order valence-corrected chi connectivity index (χ0v) is 23.5. The van der Waals surface area contributed by atoms with Crippen molar-refractivity contribution in [3.05, 3.63) is 78.2 Å². The molecule has 0 bridgehead atoms. The second kappa shape index (κ2) is 10.3. The summed E-state index contributed by atoms with van der Waals surface area (Å²) in [7, 11) is -3.26. The number of sulfone groups is 1. The fourth-order valence-corrected chi connectivity index (χ4v) is 5.28. The lowest BCUT2D eigenvalue weighted by Crippen LogP contribution is -2.50.